The molecule has 0 amide bonds. The van der Waals surface area contributed by atoms with E-state index in [1.54, 1.807) is 0 Å². The van der Waals surface area contributed by atoms with E-state index in [4.69, 9.17) is 5.26 Å². The fourth-order valence-electron chi connectivity index (χ4n) is 1.36. The third kappa shape index (κ3) is 3.01. The zero-order valence-electron chi connectivity index (χ0n) is 8.40. The summed E-state index contributed by atoms with van der Waals surface area (Å²) in [5.41, 5.74) is 0.290. The van der Waals surface area contributed by atoms with E-state index in [0.29, 0.717) is 11.8 Å². The lowest BCUT2D eigenvalue weighted by Crippen LogP contribution is -2.19. The molecule has 3 nitrogen and oxygen atoms in total. The highest BCUT2D eigenvalue weighted by molar-refractivity contribution is 9.09. The Morgan fingerprint density at radius 2 is 2.12 bits per heavy atom. The van der Waals surface area contributed by atoms with E-state index in [9.17, 15) is 14.6 Å². The lowest BCUT2D eigenvalue weighted by atomic mass is 9.98. The minimum Gasteiger partial charge on any atom is -0.390 e. The highest BCUT2D eigenvalue weighted by atomic mass is 79.9. The molecule has 2 N–H and O–H groups in total. The van der Waals surface area contributed by atoms with Crippen LogP contribution in [-0.2, 0) is 0 Å². The number of rotatable bonds is 4. The largest absolute Gasteiger partial charge is 0.390 e. The molecule has 0 aliphatic carbocycles. The second-order valence-electron chi connectivity index (χ2n) is 3.33. The fourth-order valence-corrected chi connectivity index (χ4v) is 1.83. The summed E-state index contributed by atoms with van der Waals surface area (Å²) in [5.74, 6) is -0.543. The van der Waals surface area contributed by atoms with E-state index in [-0.39, 0.29) is 11.1 Å². The minimum absolute atomic E-state index is 0.121. The van der Waals surface area contributed by atoms with Crippen molar-refractivity contribution in [2.24, 2.45) is 0 Å². The van der Waals surface area contributed by atoms with Gasteiger partial charge in [0.25, 0.3) is 0 Å². The van der Waals surface area contributed by atoms with Gasteiger partial charge >= 0.3 is 0 Å². The number of benzene rings is 1. The molecule has 5 heteroatoms. The number of aliphatic hydroxyl groups is 2. The van der Waals surface area contributed by atoms with E-state index in [1.165, 1.54) is 6.07 Å². The molecule has 0 heterocycles. The maximum atomic E-state index is 13.0. The molecule has 0 saturated heterocycles. The number of hydrogen-bond donors (Lipinski definition) is 2. The molecule has 0 aromatic heterocycles. The average Bonchev–Trinajstić information content (AvgIpc) is 2.28. The van der Waals surface area contributed by atoms with Crippen molar-refractivity contribution < 1.29 is 14.6 Å². The minimum atomic E-state index is -1.25. The van der Waals surface area contributed by atoms with Crippen LogP contribution in [0, 0.1) is 17.1 Å². The maximum absolute atomic E-state index is 13.0. The Morgan fingerprint density at radius 1 is 1.44 bits per heavy atom. The molecule has 2 unspecified atom stereocenters. The topological polar surface area (TPSA) is 64.2 Å². The smallest absolute Gasteiger partial charge is 0.123 e. The molecular formula is C11H11BrFNO2. The van der Waals surface area contributed by atoms with Gasteiger partial charge < -0.3 is 10.2 Å². The van der Waals surface area contributed by atoms with Crippen LogP contribution in [0.3, 0.4) is 0 Å². The van der Waals surface area contributed by atoms with Gasteiger partial charge in [0.05, 0.1) is 17.7 Å². The summed E-state index contributed by atoms with van der Waals surface area (Å²) in [6, 6.07) is 5.35. The summed E-state index contributed by atoms with van der Waals surface area (Å²) in [6.07, 6.45) is -1.95. The van der Waals surface area contributed by atoms with Crippen LogP contribution >= 0.6 is 15.9 Å². The van der Waals surface area contributed by atoms with Crippen LogP contribution in [-0.4, -0.2) is 21.6 Å². The van der Waals surface area contributed by atoms with Crippen molar-refractivity contribution in [3.8, 4) is 6.07 Å². The second-order valence-corrected chi connectivity index (χ2v) is 4.13. The molecule has 86 valence electrons. The van der Waals surface area contributed by atoms with Gasteiger partial charge in [-0.05, 0) is 24.6 Å². The quantitative estimate of drug-likeness (QED) is 0.831. The number of halogens is 2. The molecule has 0 bridgehead atoms. The standard InChI is InChI=1S/C11H11BrFNO2/c12-4-3-10(15)11(16)9-5-8(13)2-1-7(9)6-14/h1-2,5,10-11,15-16H,3-4H2. The Bertz CT molecular complexity index is 405. The van der Waals surface area contributed by atoms with Crippen molar-refractivity contribution in [3.05, 3.63) is 35.1 Å². The fraction of sp³-hybridized carbons (Fsp3) is 0.364. The van der Waals surface area contributed by atoms with Crippen molar-refractivity contribution in [2.45, 2.75) is 18.6 Å². The molecule has 0 saturated carbocycles. The van der Waals surface area contributed by atoms with Crippen LogP contribution in [0.2, 0.25) is 0 Å². The van der Waals surface area contributed by atoms with Crippen LogP contribution in [0.1, 0.15) is 23.7 Å². The molecule has 0 fully saturated rings. The van der Waals surface area contributed by atoms with E-state index in [0.717, 1.165) is 12.1 Å². The van der Waals surface area contributed by atoms with Gasteiger partial charge in [0.1, 0.15) is 11.9 Å². The Labute approximate surface area is 101 Å². The molecule has 0 radical (unpaired) electrons. The summed E-state index contributed by atoms with van der Waals surface area (Å²) in [4.78, 5) is 0. The summed E-state index contributed by atoms with van der Waals surface area (Å²) >= 11 is 3.13. The highest BCUT2D eigenvalue weighted by Gasteiger charge is 2.21. The first-order chi connectivity index (χ1) is 7.60. The first-order valence-corrected chi connectivity index (χ1v) is 5.84. The number of nitrogens with zero attached hydrogens (tertiary/aromatic N) is 1. The van der Waals surface area contributed by atoms with Crippen molar-refractivity contribution >= 4 is 15.9 Å². The number of aliphatic hydroxyl groups excluding tert-OH is 2. The van der Waals surface area contributed by atoms with Crippen molar-refractivity contribution in [3.63, 3.8) is 0 Å². The van der Waals surface area contributed by atoms with Crippen LogP contribution in [0.4, 0.5) is 4.39 Å². The Balaban J connectivity index is 3.02. The van der Waals surface area contributed by atoms with Gasteiger partial charge in [-0.2, -0.15) is 5.26 Å². The molecule has 1 aromatic carbocycles. The Morgan fingerprint density at radius 3 is 2.69 bits per heavy atom. The van der Waals surface area contributed by atoms with Gasteiger partial charge in [-0.3, -0.25) is 0 Å². The van der Waals surface area contributed by atoms with Crippen molar-refractivity contribution in [2.75, 3.05) is 5.33 Å². The van der Waals surface area contributed by atoms with E-state index in [1.807, 2.05) is 6.07 Å². The summed E-state index contributed by atoms with van der Waals surface area (Å²) < 4.78 is 13.0. The van der Waals surface area contributed by atoms with Gasteiger partial charge in [-0.15, -0.1) is 0 Å². The van der Waals surface area contributed by atoms with Gasteiger partial charge in [0.2, 0.25) is 0 Å². The first kappa shape index (κ1) is 13.1. The average molecular weight is 288 g/mol. The van der Waals surface area contributed by atoms with Crippen molar-refractivity contribution in [1.29, 1.82) is 5.26 Å². The third-order valence-electron chi connectivity index (χ3n) is 2.22. The summed E-state index contributed by atoms with van der Waals surface area (Å²) in [5, 5.41) is 28.6. The van der Waals surface area contributed by atoms with Crippen LogP contribution < -0.4 is 0 Å². The third-order valence-corrected chi connectivity index (χ3v) is 2.68. The SMILES string of the molecule is N#Cc1ccc(F)cc1C(O)C(O)CCBr. The normalized spacial score (nSPS) is 14.2. The lowest BCUT2D eigenvalue weighted by Gasteiger charge is -2.18. The first-order valence-electron chi connectivity index (χ1n) is 4.71. The Kier molecular flexibility index (Phi) is 4.87. The molecule has 1 rings (SSSR count). The zero-order valence-corrected chi connectivity index (χ0v) is 9.98. The van der Waals surface area contributed by atoms with E-state index < -0.39 is 18.0 Å². The van der Waals surface area contributed by atoms with Gasteiger partial charge in [-0.25, -0.2) is 4.39 Å². The number of alkyl halides is 1. The van der Waals surface area contributed by atoms with E-state index in [2.05, 4.69) is 15.9 Å². The summed E-state index contributed by atoms with van der Waals surface area (Å²) in [6.45, 7) is 0. The molecule has 16 heavy (non-hydrogen) atoms. The highest BCUT2D eigenvalue weighted by Crippen LogP contribution is 2.23. The maximum Gasteiger partial charge on any atom is 0.123 e. The van der Waals surface area contributed by atoms with Crippen molar-refractivity contribution in [1.82, 2.24) is 0 Å². The molecule has 0 aliphatic rings. The summed E-state index contributed by atoms with van der Waals surface area (Å²) in [7, 11) is 0. The molecule has 0 spiro atoms. The number of hydrogen-bond acceptors (Lipinski definition) is 3. The Hall–Kier alpha value is -0.960. The number of nitriles is 1. The van der Waals surface area contributed by atoms with Gasteiger partial charge in [0, 0.05) is 10.9 Å². The molecule has 2 atom stereocenters. The monoisotopic (exact) mass is 287 g/mol. The zero-order chi connectivity index (χ0) is 12.1. The van der Waals surface area contributed by atoms with Gasteiger partial charge in [-0.1, -0.05) is 15.9 Å². The molecular weight excluding hydrogens is 277 g/mol. The van der Waals surface area contributed by atoms with Gasteiger partial charge in [0.15, 0.2) is 0 Å². The van der Waals surface area contributed by atoms with Crippen LogP contribution in [0.15, 0.2) is 18.2 Å². The van der Waals surface area contributed by atoms with Crippen LogP contribution in [0.25, 0.3) is 0 Å². The molecule has 1 aromatic rings. The molecule has 0 aliphatic heterocycles. The predicted molar refractivity (Wildman–Crippen MR) is 60.5 cm³/mol. The second kappa shape index (κ2) is 5.94. The van der Waals surface area contributed by atoms with E-state index >= 15 is 0 Å². The predicted octanol–water partition coefficient (Wildman–Crippen LogP) is 1.88. The van der Waals surface area contributed by atoms with Crippen LogP contribution in [0.5, 0.6) is 0 Å². The lowest BCUT2D eigenvalue weighted by molar-refractivity contribution is 0.0170.